The molecule has 0 spiro atoms. The van der Waals surface area contributed by atoms with Crippen LogP contribution in [0.5, 0.6) is 0 Å². The average molecular weight is 358 g/mol. The predicted octanol–water partition coefficient (Wildman–Crippen LogP) is 6.25. The van der Waals surface area contributed by atoms with E-state index in [1.165, 1.54) is 0 Å². The first kappa shape index (κ1) is 18.7. The van der Waals surface area contributed by atoms with E-state index in [0.29, 0.717) is 6.54 Å². The van der Waals surface area contributed by atoms with Gasteiger partial charge in [0, 0.05) is 13.1 Å². The molecule has 0 heterocycles. The van der Waals surface area contributed by atoms with Crippen LogP contribution >= 0.6 is 0 Å². The van der Waals surface area contributed by atoms with E-state index >= 15 is 0 Å². The van der Waals surface area contributed by atoms with Crippen LogP contribution in [-0.2, 0) is 6.54 Å². The van der Waals surface area contributed by atoms with Gasteiger partial charge in [0.05, 0.1) is 11.4 Å². The Bertz CT molecular complexity index is 779. The highest BCUT2D eigenvalue weighted by Gasteiger charge is 2.23. The minimum atomic E-state index is 0.00435. The Labute approximate surface area is 161 Å². The summed E-state index contributed by atoms with van der Waals surface area (Å²) in [7, 11) is 0. The number of carbonyl (C=O) groups excluding carboxylic acids is 1. The SMILES string of the molecule is CCCCN(Cc1ccccc1)C(=O)N(c1ccccc1)c1ccccc1. The van der Waals surface area contributed by atoms with Crippen molar-refractivity contribution in [1.82, 2.24) is 4.90 Å². The van der Waals surface area contributed by atoms with Crippen LogP contribution in [0.15, 0.2) is 91.0 Å². The predicted molar refractivity (Wildman–Crippen MR) is 112 cm³/mol. The van der Waals surface area contributed by atoms with Crippen LogP contribution in [-0.4, -0.2) is 17.5 Å². The van der Waals surface area contributed by atoms with Gasteiger partial charge in [-0.05, 0) is 36.2 Å². The topological polar surface area (TPSA) is 23.6 Å². The lowest BCUT2D eigenvalue weighted by Gasteiger charge is -2.31. The minimum absolute atomic E-state index is 0.00435. The van der Waals surface area contributed by atoms with E-state index in [2.05, 4.69) is 19.1 Å². The Kier molecular flexibility index (Phi) is 6.64. The largest absolute Gasteiger partial charge is 0.329 e. The molecule has 27 heavy (non-hydrogen) atoms. The van der Waals surface area contributed by atoms with E-state index in [4.69, 9.17) is 0 Å². The standard InChI is InChI=1S/C24H26N2O/c1-2-3-19-25(20-21-13-7-4-8-14-21)24(27)26(22-15-9-5-10-16-22)23-17-11-6-12-18-23/h4-18H,2-3,19-20H2,1H3. The number of nitrogens with zero attached hydrogens (tertiary/aromatic N) is 2. The molecular formula is C24H26N2O. The Morgan fingerprint density at radius 3 is 1.70 bits per heavy atom. The lowest BCUT2D eigenvalue weighted by atomic mass is 10.2. The molecule has 0 unspecified atom stereocenters. The molecule has 3 aromatic carbocycles. The van der Waals surface area contributed by atoms with Crippen molar-refractivity contribution in [2.45, 2.75) is 26.3 Å². The van der Waals surface area contributed by atoms with Crippen molar-refractivity contribution in [1.29, 1.82) is 0 Å². The lowest BCUT2D eigenvalue weighted by molar-refractivity contribution is 0.203. The van der Waals surface area contributed by atoms with Crippen LogP contribution in [0.1, 0.15) is 25.3 Å². The van der Waals surface area contributed by atoms with Gasteiger partial charge in [-0.3, -0.25) is 4.90 Å². The number of amides is 2. The van der Waals surface area contributed by atoms with Crippen molar-refractivity contribution in [3.8, 4) is 0 Å². The minimum Gasteiger partial charge on any atom is -0.320 e. The van der Waals surface area contributed by atoms with Gasteiger partial charge in [0.15, 0.2) is 0 Å². The second kappa shape index (κ2) is 9.58. The quantitative estimate of drug-likeness (QED) is 0.490. The van der Waals surface area contributed by atoms with Gasteiger partial charge >= 0.3 is 6.03 Å². The Morgan fingerprint density at radius 2 is 1.22 bits per heavy atom. The number of unbranched alkanes of at least 4 members (excludes halogenated alkanes) is 1. The Balaban J connectivity index is 1.93. The summed E-state index contributed by atoms with van der Waals surface area (Å²) in [5, 5.41) is 0. The molecule has 2 amide bonds. The third kappa shape index (κ3) is 4.98. The molecule has 138 valence electrons. The number of benzene rings is 3. The molecule has 0 saturated heterocycles. The zero-order chi connectivity index (χ0) is 18.9. The number of urea groups is 1. The third-order valence-corrected chi connectivity index (χ3v) is 4.49. The summed E-state index contributed by atoms with van der Waals surface area (Å²) in [6, 6.07) is 29.9. The molecule has 0 bridgehead atoms. The maximum atomic E-state index is 13.6. The molecule has 3 aromatic rings. The van der Waals surface area contributed by atoms with E-state index in [0.717, 1.165) is 36.3 Å². The van der Waals surface area contributed by atoms with E-state index in [1.54, 1.807) is 4.90 Å². The van der Waals surface area contributed by atoms with Crippen LogP contribution in [0, 0.1) is 0 Å². The van der Waals surface area contributed by atoms with Crippen LogP contribution in [0.2, 0.25) is 0 Å². The first-order valence-electron chi connectivity index (χ1n) is 9.52. The number of carbonyl (C=O) groups is 1. The van der Waals surface area contributed by atoms with E-state index in [9.17, 15) is 4.79 Å². The molecule has 0 atom stereocenters. The van der Waals surface area contributed by atoms with E-state index < -0.39 is 0 Å². The summed E-state index contributed by atoms with van der Waals surface area (Å²) in [5.41, 5.74) is 2.90. The molecule has 0 aliphatic carbocycles. The molecule has 3 rings (SSSR count). The Morgan fingerprint density at radius 1 is 0.741 bits per heavy atom. The molecule has 0 N–H and O–H groups in total. The summed E-state index contributed by atoms with van der Waals surface area (Å²) in [6.45, 7) is 3.49. The van der Waals surface area contributed by atoms with Crippen LogP contribution in [0.4, 0.5) is 16.2 Å². The highest BCUT2D eigenvalue weighted by atomic mass is 16.2. The van der Waals surface area contributed by atoms with Gasteiger partial charge in [-0.15, -0.1) is 0 Å². The van der Waals surface area contributed by atoms with Crippen LogP contribution < -0.4 is 4.90 Å². The van der Waals surface area contributed by atoms with Gasteiger partial charge in [0.25, 0.3) is 0 Å². The molecule has 0 aromatic heterocycles. The molecule has 0 radical (unpaired) electrons. The summed E-state index contributed by atoms with van der Waals surface area (Å²) in [6.07, 6.45) is 2.03. The number of hydrogen-bond donors (Lipinski definition) is 0. The monoisotopic (exact) mass is 358 g/mol. The Hall–Kier alpha value is -3.07. The van der Waals surface area contributed by atoms with Crippen LogP contribution in [0.25, 0.3) is 0 Å². The van der Waals surface area contributed by atoms with E-state index in [-0.39, 0.29) is 6.03 Å². The smallest absolute Gasteiger partial charge is 0.320 e. The molecule has 3 nitrogen and oxygen atoms in total. The van der Waals surface area contributed by atoms with Crippen molar-refractivity contribution < 1.29 is 4.79 Å². The van der Waals surface area contributed by atoms with Gasteiger partial charge in [0.1, 0.15) is 0 Å². The van der Waals surface area contributed by atoms with Gasteiger partial charge in [-0.1, -0.05) is 80.1 Å². The summed E-state index contributed by atoms with van der Waals surface area (Å²) in [5.74, 6) is 0. The fourth-order valence-electron chi connectivity index (χ4n) is 3.06. The van der Waals surface area contributed by atoms with Crippen molar-refractivity contribution in [3.63, 3.8) is 0 Å². The van der Waals surface area contributed by atoms with Crippen molar-refractivity contribution in [2.75, 3.05) is 11.4 Å². The van der Waals surface area contributed by atoms with Gasteiger partial charge in [-0.25, -0.2) is 4.79 Å². The number of hydrogen-bond acceptors (Lipinski definition) is 1. The summed E-state index contributed by atoms with van der Waals surface area (Å²) >= 11 is 0. The fourth-order valence-corrected chi connectivity index (χ4v) is 3.06. The number of para-hydroxylation sites is 2. The average Bonchev–Trinajstić information content (AvgIpc) is 2.73. The maximum absolute atomic E-state index is 13.6. The second-order valence-corrected chi connectivity index (χ2v) is 6.55. The molecule has 0 aliphatic heterocycles. The molecular weight excluding hydrogens is 332 g/mol. The molecule has 3 heteroatoms. The van der Waals surface area contributed by atoms with Gasteiger partial charge in [-0.2, -0.15) is 0 Å². The molecule has 0 saturated carbocycles. The fraction of sp³-hybridized carbons (Fsp3) is 0.208. The van der Waals surface area contributed by atoms with E-state index in [1.807, 2.05) is 83.8 Å². The summed E-state index contributed by atoms with van der Waals surface area (Å²) < 4.78 is 0. The van der Waals surface area contributed by atoms with Gasteiger partial charge in [0.2, 0.25) is 0 Å². The first-order chi connectivity index (χ1) is 13.3. The lowest BCUT2D eigenvalue weighted by Crippen LogP contribution is -2.41. The molecule has 0 fully saturated rings. The van der Waals surface area contributed by atoms with Crippen molar-refractivity contribution >= 4 is 17.4 Å². The zero-order valence-electron chi connectivity index (χ0n) is 15.8. The normalized spacial score (nSPS) is 10.4. The zero-order valence-corrected chi connectivity index (χ0v) is 15.8. The third-order valence-electron chi connectivity index (χ3n) is 4.49. The number of rotatable bonds is 7. The number of anilines is 2. The second-order valence-electron chi connectivity index (χ2n) is 6.55. The van der Waals surface area contributed by atoms with Gasteiger partial charge < -0.3 is 4.90 Å². The van der Waals surface area contributed by atoms with Crippen LogP contribution in [0.3, 0.4) is 0 Å². The summed E-state index contributed by atoms with van der Waals surface area (Å²) in [4.78, 5) is 17.4. The first-order valence-corrected chi connectivity index (χ1v) is 9.52. The van der Waals surface area contributed by atoms with Crippen molar-refractivity contribution in [3.05, 3.63) is 96.6 Å². The molecule has 0 aliphatic rings. The van der Waals surface area contributed by atoms with Crippen molar-refractivity contribution in [2.24, 2.45) is 0 Å². The highest BCUT2D eigenvalue weighted by Crippen LogP contribution is 2.27. The maximum Gasteiger partial charge on any atom is 0.329 e. The highest BCUT2D eigenvalue weighted by molar-refractivity contribution is 5.99.